The Morgan fingerprint density at radius 2 is 2.16 bits per heavy atom. The number of nitrogens with one attached hydrogen (secondary N) is 2. The van der Waals surface area contributed by atoms with Gasteiger partial charge < -0.3 is 15.4 Å². The van der Waals surface area contributed by atoms with Gasteiger partial charge in [0.2, 0.25) is 0 Å². The van der Waals surface area contributed by atoms with Crippen LogP contribution < -0.4 is 10.6 Å². The lowest BCUT2D eigenvalue weighted by atomic mass is 10.1. The Hall–Kier alpha value is -1.62. The van der Waals surface area contributed by atoms with Crippen molar-refractivity contribution in [3.63, 3.8) is 0 Å². The van der Waals surface area contributed by atoms with Crippen LogP contribution in [0.25, 0.3) is 0 Å². The second-order valence-electron chi connectivity index (χ2n) is 4.88. The van der Waals surface area contributed by atoms with Gasteiger partial charge in [-0.3, -0.25) is 0 Å². The third kappa shape index (κ3) is 3.23. The van der Waals surface area contributed by atoms with Crippen molar-refractivity contribution in [1.82, 2.24) is 5.32 Å². The zero-order valence-corrected chi connectivity index (χ0v) is 12.1. The van der Waals surface area contributed by atoms with Crippen molar-refractivity contribution in [2.45, 2.75) is 39.3 Å². The number of thiocarbonyl (C=S) groups is 1. The highest BCUT2D eigenvalue weighted by Gasteiger charge is 2.32. The van der Waals surface area contributed by atoms with E-state index in [-0.39, 0.29) is 18.1 Å². The number of cyclic esters (lactones) is 1. The van der Waals surface area contributed by atoms with Crippen molar-refractivity contribution in [2.24, 2.45) is 0 Å². The van der Waals surface area contributed by atoms with Crippen molar-refractivity contribution in [2.75, 3.05) is 5.32 Å². The number of benzene rings is 1. The highest BCUT2D eigenvalue weighted by Crippen LogP contribution is 2.18. The standard InChI is InChI=1S/C14H18N2O2S/c1-8-5-4-6-11(10(8)3)15-14(19)16-12-7-9(2)18-13(12)17/h4-6,9,12H,7H2,1-3H3,(H2,15,16,19)/t9-,12+/m1/s1. The van der Waals surface area contributed by atoms with Crippen LogP contribution in [0, 0.1) is 13.8 Å². The molecule has 0 unspecified atom stereocenters. The lowest BCUT2D eigenvalue weighted by Crippen LogP contribution is -2.40. The van der Waals surface area contributed by atoms with E-state index in [1.165, 1.54) is 5.56 Å². The Bertz CT molecular complexity index is 516. The molecule has 0 radical (unpaired) electrons. The molecule has 0 spiro atoms. The van der Waals surface area contributed by atoms with E-state index in [1.54, 1.807) is 0 Å². The molecule has 2 atom stereocenters. The van der Waals surface area contributed by atoms with E-state index >= 15 is 0 Å². The molecule has 0 aliphatic carbocycles. The minimum atomic E-state index is -0.347. The fourth-order valence-corrected chi connectivity index (χ4v) is 2.33. The molecule has 19 heavy (non-hydrogen) atoms. The fraction of sp³-hybridized carbons (Fsp3) is 0.429. The summed E-state index contributed by atoms with van der Waals surface area (Å²) in [6.45, 7) is 5.96. The molecule has 2 N–H and O–H groups in total. The summed E-state index contributed by atoms with van der Waals surface area (Å²) in [7, 11) is 0. The first-order valence-corrected chi connectivity index (χ1v) is 6.72. The van der Waals surface area contributed by atoms with Crippen molar-refractivity contribution < 1.29 is 9.53 Å². The molecular formula is C14H18N2O2S. The van der Waals surface area contributed by atoms with Gasteiger partial charge in [0.1, 0.15) is 12.1 Å². The van der Waals surface area contributed by atoms with Crippen LogP contribution in [-0.2, 0) is 9.53 Å². The lowest BCUT2D eigenvalue weighted by Gasteiger charge is -2.15. The first kappa shape index (κ1) is 13.8. The van der Waals surface area contributed by atoms with Gasteiger partial charge in [0, 0.05) is 12.1 Å². The monoisotopic (exact) mass is 278 g/mol. The van der Waals surface area contributed by atoms with Crippen LogP contribution in [0.3, 0.4) is 0 Å². The summed E-state index contributed by atoms with van der Waals surface area (Å²) in [5, 5.41) is 6.57. The summed E-state index contributed by atoms with van der Waals surface area (Å²) in [5.41, 5.74) is 3.30. The number of hydrogen-bond donors (Lipinski definition) is 2. The van der Waals surface area contributed by atoms with Gasteiger partial charge in [0.15, 0.2) is 5.11 Å². The molecule has 1 saturated heterocycles. The molecule has 1 aliphatic rings. The van der Waals surface area contributed by atoms with Gasteiger partial charge in [-0.25, -0.2) is 4.79 Å². The number of esters is 1. The predicted octanol–water partition coefficient (Wildman–Crippen LogP) is 2.29. The molecule has 1 aromatic rings. The molecule has 2 rings (SSSR count). The van der Waals surface area contributed by atoms with Crippen molar-refractivity contribution in [1.29, 1.82) is 0 Å². The van der Waals surface area contributed by atoms with Crippen LogP contribution in [0.5, 0.6) is 0 Å². The summed E-state index contributed by atoms with van der Waals surface area (Å²) in [6.07, 6.45) is 0.599. The maximum absolute atomic E-state index is 11.5. The third-order valence-electron chi connectivity index (χ3n) is 3.33. The van der Waals surface area contributed by atoms with Crippen LogP contribution in [0.2, 0.25) is 0 Å². The van der Waals surface area contributed by atoms with E-state index in [0.29, 0.717) is 11.5 Å². The number of hydrogen-bond acceptors (Lipinski definition) is 3. The normalized spacial score (nSPS) is 21.9. The van der Waals surface area contributed by atoms with Gasteiger partial charge in [0.25, 0.3) is 0 Å². The first-order valence-electron chi connectivity index (χ1n) is 6.31. The number of carbonyl (C=O) groups is 1. The van der Waals surface area contributed by atoms with Crippen LogP contribution >= 0.6 is 12.2 Å². The smallest absolute Gasteiger partial charge is 0.329 e. The predicted molar refractivity (Wildman–Crippen MR) is 79.2 cm³/mol. The molecule has 0 amide bonds. The maximum atomic E-state index is 11.5. The van der Waals surface area contributed by atoms with E-state index in [4.69, 9.17) is 17.0 Å². The second-order valence-corrected chi connectivity index (χ2v) is 5.29. The quantitative estimate of drug-likeness (QED) is 0.642. The Kier molecular flexibility index (Phi) is 4.04. The van der Waals surface area contributed by atoms with Gasteiger partial charge in [-0.05, 0) is 50.2 Å². The average molecular weight is 278 g/mol. The molecule has 1 aromatic carbocycles. The molecule has 5 heteroatoms. The fourth-order valence-electron chi connectivity index (χ4n) is 2.08. The number of anilines is 1. The highest BCUT2D eigenvalue weighted by molar-refractivity contribution is 7.80. The van der Waals surface area contributed by atoms with Gasteiger partial charge in [-0.2, -0.15) is 0 Å². The number of rotatable bonds is 2. The van der Waals surface area contributed by atoms with Crippen molar-refractivity contribution in [3.8, 4) is 0 Å². The minimum Gasteiger partial charge on any atom is -0.461 e. The Balaban J connectivity index is 1.98. The van der Waals surface area contributed by atoms with Gasteiger partial charge in [0.05, 0.1) is 0 Å². The van der Waals surface area contributed by atoms with Crippen LogP contribution in [0.1, 0.15) is 24.5 Å². The van der Waals surface area contributed by atoms with Crippen molar-refractivity contribution >= 4 is 29.0 Å². The summed E-state index contributed by atoms with van der Waals surface area (Å²) in [4.78, 5) is 11.5. The van der Waals surface area contributed by atoms with E-state index in [1.807, 2.05) is 39.0 Å². The van der Waals surface area contributed by atoms with E-state index in [0.717, 1.165) is 11.3 Å². The molecule has 0 bridgehead atoms. The van der Waals surface area contributed by atoms with Gasteiger partial charge >= 0.3 is 5.97 Å². The zero-order chi connectivity index (χ0) is 14.0. The molecule has 1 fully saturated rings. The maximum Gasteiger partial charge on any atom is 0.329 e. The number of aryl methyl sites for hydroxylation is 1. The number of carbonyl (C=O) groups excluding carboxylic acids is 1. The van der Waals surface area contributed by atoms with Gasteiger partial charge in [-0.15, -0.1) is 0 Å². The second kappa shape index (κ2) is 5.57. The summed E-state index contributed by atoms with van der Waals surface area (Å²) < 4.78 is 5.08. The summed E-state index contributed by atoms with van der Waals surface area (Å²) in [6, 6.07) is 5.64. The largest absolute Gasteiger partial charge is 0.461 e. The highest BCUT2D eigenvalue weighted by atomic mass is 32.1. The van der Waals surface area contributed by atoms with E-state index in [9.17, 15) is 4.79 Å². The Labute approximate surface area is 118 Å². The van der Waals surface area contributed by atoms with Gasteiger partial charge in [-0.1, -0.05) is 12.1 Å². The first-order chi connectivity index (χ1) is 8.97. The number of ether oxygens (including phenoxy) is 1. The Morgan fingerprint density at radius 3 is 2.79 bits per heavy atom. The van der Waals surface area contributed by atoms with E-state index in [2.05, 4.69) is 10.6 Å². The minimum absolute atomic E-state index is 0.0477. The molecule has 1 aliphatic heterocycles. The van der Waals surface area contributed by atoms with Crippen LogP contribution in [0.15, 0.2) is 18.2 Å². The Morgan fingerprint density at radius 1 is 1.42 bits per heavy atom. The summed E-state index contributed by atoms with van der Waals surface area (Å²) in [5.74, 6) is -0.238. The van der Waals surface area contributed by atoms with E-state index < -0.39 is 0 Å². The third-order valence-corrected chi connectivity index (χ3v) is 3.55. The molecule has 0 aromatic heterocycles. The van der Waals surface area contributed by atoms with Crippen molar-refractivity contribution in [3.05, 3.63) is 29.3 Å². The summed E-state index contributed by atoms with van der Waals surface area (Å²) >= 11 is 5.24. The zero-order valence-electron chi connectivity index (χ0n) is 11.3. The average Bonchev–Trinajstić information content (AvgIpc) is 2.64. The molecule has 0 saturated carbocycles. The lowest BCUT2D eigenvalue weighted by molar-refractivity contribution is -0.142. The molecular weight excluding hydrogens is 260 g/mol. The molecule has 4 nitrogen and oxygen atoms in total. The topological polar surface area (TPSA) is 50.4 Å². The SMILES string of the molecule is Cc1cccc(NC(=S)N[C@H]2C[C@@H](C)OC2=O)c1C. The van der Waals surface area contributed by atoms with Crippen LogP contribution in [-0.4, -0.2) is 23.2 Å². The molecule has 102 valence electrons. The van der Waals surface area contributed by atoms with Crippen LogP contribution in [0.4, 0.5) is 5.69 Å². The molecule has 1 heterocycles.